The molecule has 1 aromatic rings. The van der Waals surface area contributed by atoms with Gasteiger partial charge in [0.2, 0.25) is 0 Å². The van der Waals surface area contributed by atoms with Crippen LogP contribution in [0.2, 0.25) is 0 Å². The maximum Gasteiger partial charge on any atom is 0.326 e. The first kappa shape index (κ1) is 17.3. The average molecular weight is 381 g/mol. The molecule has 1 unspecified atom stereocenters. The van der Waals surface area contributed by atoms with Gasteiger partial charge in [-0.25, -0.2) is 13.4 Å². The first-order chi connectivity index (χ1) is 12.3. The lowest BCUT2D eigenvalue weighted by Crippen LogP contribution is -2.30. The summed E-state index contributed by atoms with van der Waals surface area (Å²) >= 11 is 0. The lowest BCUT2D eigenvalue weighted by atomic mass is 10.0. The number of phenols is 1. The smallest absolute Gasteiger partial charge is 0.326 e. The minimum atomic E-state index is -4.20. The van der Waals surface area contributed by atoms with Crippen molar-refractivity contribution in [3.05, 3.63) is 29.6 Å². The summed E-state index contributed by atoms with van der Waals surface area (Å²) in [4.78, 5) is 11.4. The Balaban J connectivity index is 1.64. The molecule has 4 rings (SSSR count). The number of carbonyl (C=O) groups excluding carboxylic acids is 1. The molecule has 0 bridgehead atoms. The first-order valence-electron chi connectivity index (χ1n) is 8.64. The van der Waals surface area contributed by atoms with Crippen LogP contribution in [0.15, 0.2) is 18.2 Å². The second kappa shape index (κ2) is 6.24. The summed E-state index contributed by atoms with van der Waals surface area (Å²) in [6.07, 6.45) is 6.67. The Morgan fingerprint density at radius 3 is 2.69 bits per heavy atom. The van der Waals surface area contributed by atoms with Gasteiger partial charge in [-0.3, -0.25) is 4.79 Å². The number of amides is 1. The van der Waals surface area contributed by atoms with Crippen molar-refractivity contribution in [2.24, 2.45) is 5.92 Å². The zero-order valence-corrected chi connectivity index (χ0v) is 14.9. The summed E-state index contributed by atoms with van der Waals surface area (Å²) in [5.74, 6) is -1.32. The summed E-state index contributed by atoms with van der Waals surface area (Å²) < 4.78 is 41.4. The molecule has 2 heterocycles. The monoisotopic (exact) mass is 381 g/mol. The number of phenolic OH excluding ortho intramolecular Hbond substituents is 1. The van der Waals surface area contributed by atoms with E-state index in [0.29, 0.717) is 10.8 Å². The third kappa shape index (κ3) is 3.16. The second-order valence-electron chi connectivity index (χ2n) is 7.03. The molecular weight excluding hydrogens is 361 g/mol. The van der Waals surface area contributed by atoms with Crippen LogP contribution in [0, 0.1) is 11.7 Å². The van der Waals surface area contributed by atoms with Gasteiger partial charge in [-0.05, 0) is 36.5 Å². The zero-order valence-electron chi connectivity index (χ0n) is 14.0. The molecule has 0 spiro atoms. The molecule has 0 radical (unpaired) electrons. The average Bonchev–Trinajstić information content (AvgIpc) is 3.21. The number of benzene rings is 1. The molecule has 7 nitrogen and oxygen atoms in total. The number of nitrogens with zero attached hydrogens (tertiary/aromatic N) is 1. The molecule has 1 amide bonds. The van der Waals surface area contributed by atoms with Gasteiger partial charge >= 0.3 is 10.2 Å². The van der Waals surface area contributed by atoms with E-state index in [1.807, 2.05) is 6.08 Å². The summed E-state index contributed by atoms with van der Waals surface area (Å²) in [6, 6.07) is 2.86. The molecule has 0 aromatic heterocycles. The predicted octanol–water partition coefficient (Wildman–Crippen LogP) is 1.26. The minimum Gasteiger partial charge on any atom is -0.506 e. The molecular formula is C17H20FN3O4S. The molecule has 1 saturated heterocycles. The van der Waals surface area contributed by atoms with Crippen LogP contribution in [0.3, 0.4) is 0 Å². The van der Waals surface area contributed by atoms with Crippen LogP contribution < -0.4 is 14.3 Å². The van der Waals surface area contributed by atoms with E-state index in [0.717, 1.165) is 24.3 Å². The summed E-state index contributed by atoms with van der Waals surface area (Å²) in [5.41, 5.74) is 0.456. The summed E-state index contributed by atoms with van der Waals surface area (Å²) in [5, 5.41) is 13.3. The van der Waals surface area contributed by atoms with E-state index >= 15 is 4.39 Å². The van der Waals surface area contributed by atoms with Gasteiger partial charge in [0.1, 0.15) is 18.0 Å². The number of anilines is 1. The molecule has 3 aliphatic rings. The van der Waals surface area contributed by atoms with Crippen molar-refractivity contribution in [1.29, 1.82) is 0 Å². The highest BCUT2D eigenvalue weighted by atomic mass is 32.2. The number of carbonyl (C=O) groups is 1. The highest BCUT2D eigenvalue weighted by molar-refractivity contribution is 7.92. The molecule has 2 fully saturated rings. The second-order valence-corrected chi connectivity index (χ2v) is 8.63. The largest absolute Gasteiger partial charge is 0.506 e. The van der Waals surface area contributed by atoms with E-state index in [1.165, 1.54) is 25.0 Å². The third-order valence-corrected chi connectivity index (χ3v) is 6.43. The van der Waals surface area contributed by atoms with Gasteiger partial charge in [-0.2, -0.15) is 8.42 Å². The van der Waals surface area contributed by atoms with Crippen molar-refractivity contribution in [2.75, 3.05) is 17.4 Å². The van der Waals surface area contributed by atoms with Crippen LogP contribution in [0.25, 0.3) is 5.57 Å². The Bertz CT molecular complexity index is 896. The molecule has 1 saturated carbocycles. The SMILES string of the molecule is O=C1CN(c2c(O)ccc(C3=CC(CCC4CC4)NC3)c2F)S(=O)(=O)N1. The summed E-state index contributed by atoms with van der Waals surface area (Å²) in [7, 11) is -4.20. The van der Waals surface area contributed by atoms with Crippen LogP contribution >= 0.6 is 0 Å². The number of hydrogen-bond donors (Lipinski definition) is 3. The van der Waals surface area contributed by atoms with Gasteiger partial charge in [0.05, 0.1) is 0 Å². The zero-order chi connectivity index (χ0) is 18.5. The number of hydrogen-bond acceptors (Lipinski definition) is 5. The lowest BCUT2D eigenvalue weighted by molar-refractivity contribution is -0.117. The van der Waals surface area contributed by atoms with Crippen molar-refractivity contribution in [1.82, 2.24) is 10.0 Å². The highest BCUT2D eigenvalue weighted by Crippen LogP contribution is 2.38. The van der Waals surface area contributed by atoms with Crippen molar-refractivity contribution < 1.29 is 22.7 Å². The topological polar surface area (TPSA) is 98.7 Å². The standard InChI is InChI=1S/C17H20FN3O4S/c18-16-13(11-7-12(19-8-11)4-3-10-1-2-10)5-6-14(22)17(16)21-9-15(23)20-26(21,24)25/h5-7,10,12,19,22H,1-4,8-9H2,(H,20,23). The number of halogens is 1. The highest BCUT2D eigenvalue weighted by Gasteiger charge is 2.38. The lowest BCUT2D eigenvalue weighted by Gasteiger charge is -2.18. The Labute approximate surface area is 151 Å². The van der Waals surface area contributed by atoms with Gasteiger partial charge in [0, 0.05) is 18.2 Å². The van der Waals surface area contributed by atoms with E-state index in [2.05, 4.69) is 5.32 Å². The molecule has 3 N–H and O–H groups in total. The molecule has 2 aliphatic heterocycles. The number of rotatable bonds is 5. The quantitative estimate of drug-likeness (QED) is 0.713. The summed E-state index contributed by atoms with van der Waals surface area (Å²) in [6.45, 7) is -0.0853. The molecule has 1 atom stereocenters. The van der Waals surface area contributed by atoms with E-state index in [4.69, 9.17) is 0 Å². The fourth-order valence-corrected chi connectivity index (χ4v) is 4.64. The van der Waals surface area contributed by atoms with E-state index in [-0.39, 0.29) is 11.6 Å². The van der Waals surface area contributed by atoms with Crippen molar-refractivity contribution in [2.45, 2.75) is 31.7 Å². The Morgan fingerprint density at radius 2 is 2.04 bits per heavy atom. The van der Waals surface area contributed by atoms with Gasteiger partial charge < -0.3 is 10.4 Å². The molecule has 26 heavy (non-hydrogen) atoms. The Kier molecular flexibility index (Phi) is 4.15. The Morgan fingerprint density at radius 1 is 1.27 bits per heavy atom. The fraction of sp³-hybridized carbons (Fsp3) is 0.471. The number of aromatic hydroxyl groups is 1. The molecule has 140 valence electrons. The van der Waals surface area contributed by atoms with Crippen molar-refractivity contribution >= 4 is 27.4 Å². The number of nitrogens with one attached hydrogen (secondary N) is 2. The first-order valence-corrected chi connectivity index (χ1v) is 10.1. The third-order valence-electron chi connectivity index (χ3n) is 5.05. The van der Waals surface area contributed by atoms with E-state index in [9.17, 15) is 18.3 Å². The minimum absolute atomic E-state index is 0.168. The maximum absolute atomic E-state index is 15.1. The predicted molar refractivity (Wildman–Crippen MR) is 94.2 cm³/mol. The van der Waals surface area contributed by atoms with Crippen LogP contribution in [0.5, 0.6) is 5.75 Å². The Hall–Kier alpha value is -2.13. The fourth-order valence-electron chi connectivity index (χ4n) is 3.48. The van der Waals surface area contributed by atoms with Crippen molar-refractivity contribution in [3.63, 3.8) is 0 Å². The normalized spacial score (nSPS) is 24.7. The van der Waals surface area contributed by atoms with Gasteiger partial charge in [-0.15, -0.1) is 0 Å². The molecule has 9 heteroatoms. The van der Waals surface area contributed by atoms with Crippen LogP contribution in [0.4, 0.5) is 10.1 Å². The molecule has 1 aromatic carbocycles. The van der Waals surface area contributed by atoms with Crippen LogP contribution in [-0.2, 0) is 15.0 Å². The van der Waals surface area contributed by atoms with Crippen LogP contribution in [0.1, 0.15) is 31.2 Å². The van der Waals surface area contributed by atoms with Gasteiger partial charge in [-0.1, -0.05) is 18.9 Å². The van der Waals surface area contributed by atoms with E-state index in [1.54, 1.807) is 4.72 Å². The molecule has 1 aliphatic carbocycles. The van der Waals surface area contributed by atoms with Gasteiger partial charge in [0.15, 0.2) is 5.82 Å². The van der Waals surface area contributed by atoms with Gasteiger partial charge in [0.25, 0.3) is 5.91 Å². The van der Waals surface area contributed by atoms with Crippen LogP contribution in [-0.4, -0.2) is 38.6 Å². The van der Waals surface area contributed by atoms with E-state index < -0.39 is 39.9 Å². The maximum atomic E-state index is 15.1. The van der Waals surface area contributed by atoms with Crippen molar-refractivity contribution in [3.8, 4) is 5.75 Å².